The van der Waals surface area contributed by atoms with Gasteiger partial charge in [-0.05, 0) is 41.8 Å². The molecule has 0 aromatic heterocycles. The summed E-state index contributed by atoms with van der Waals surface area (Å²) in [6.45, 7) is 0.437. The van der Waals surface area contributed by atoms with Crippen molar-refractivity contribution in [3.05, 3.63) is 64.1 Å². The predicted octanol–water partition coefficient (Wildman–Crippen LogP) is 3.67. The smallest absolute Gasteiger partial charge is 0.411 e. The first-order valence-electron chi connectivity index (χ1n) is 9.66. The molecular formula is C22H21BrN2O5. The first-order valence-corrected chi connectivity index (χ1v) is 10.5. The second-order valence-electron chi connectivity index (χ2n) is 7.30. The Morgan fingerprint density at radius 2 is 1.90 bits per heavy atom. The van der Waals surface area contributed by atoms with Gasteiger partial charge in [0.15, 0.2) is 0 Å². The molecule has 8 heteroatoms. The molecule has 2 fully saturated rings. The first kappa shape index (κ1) is 20.4. The minimum Gasteiger partial charge on any atom is -0.497 e. The molecule has 2 atom stereocenters. The van der Waals surface area contributed by atoms with E-state index in [0.29, 0.717) is 12.2 Å². The molecule has 0 N–H and O–H groups in total. The lowest BCUT2D eigenvalue weighted by atomic mass is 10.0. The van der Waals surface area contributed by atoms with Crippen molar-refractivity contribution in [2.45, 2.75) is 31.5 Å². The van der Waals surface area contributed by atoms with Gasteiger partial charge in [0.1, 0.15) is 17.9 Å². The number of rotatable bonds is 5. The van der Waals surface area contributed by atoms with Crippen molar-refractivity contribution in [3.63, 3.8) is 0 Å². The number of ether oxygens (including phenoxy) is 2. The summed E-state index contributed by atoms with van der Waals surface area (Å²) in [5.74, 6) is 0.100. The number of benzene rings is 2. The molecule has 2 saturated heterocycles. The number of hydrogen-bond donors (Lipinski definition) is 0. The Labute approximate surface area is 182 Å². The Morgan fingerprint density at radius 3 is 2.60 bits per heavy atom. The maximum Gasteiger partial charge on any atom is 0.411 e. The number of amides is 3. The number of imide groups is 1. The Balaban J connectivity index is 1.49. The topological polar surface area (TPSA) is 76.2 Å². The number of nitrogens with zero attached hydrogens (tertiary/aromatic N) is 2. The van der Waals surface area contributed by atoms with E-state index in [2.05, 4.69) is 15.9 Å². The summed E-state index contributed by atoms with van der Waals surface area (Å²) in [7, 11) is 1.58. The van der Waals surface area contributed by atoms with E-state index < -0.39 is 18.2 Å². The Morgan fingerprint density at radius 1 is 1.13 bits per heavy atom. The summed E-state index contributed by atoms with van der Waals surface area (Å²) >= 11 is 3.42. The molecule has 7 nitrogen and oxygen atoms in total. The summed E-state index contributed by atoms with van der Waals surface area (Å²) in [5.41, 5.74) is 1.67. The average molecular weight is 473 g/mol. The normalized spacial score (nSPS) is 21.7. The number of cyclic esters (lactones) is 1. The number of piperidine rings is 1. The van der Waals surface area contributed by atoms with Crippen molar-refractivity contribution in [1.29, 1.82) is 0 Å². The van der Waals surface area contributed by atoms with Gasteiger partial charge in [-0.15, -0.1) is 0 Å². The van der Waals surface area contributed by atoms with Crippen molar-refractivity contribution < 1.29 is 23.9 Å². The fourth-order valence-corrected chi connectivity index (χ4v) is 4.22. The van der Waals surface area contributed by atoms with E-state index in [0.717, 1.165) is 15.6 Å². The first-order chi connectivity index (χ1) is 14.5. The van der Waals surface area contributed by atoms with Crippen molar-refractivity contribution in [3.8, 4) is 5.75 Å². The minimum atomic E-state index is -0.703. The van der Waals surface area contributed by atoms with Crippen LogP contribution >= 0.6 is 15.9 Å². The number of carbonyl (C=O) groups excluding carboxylic acids is 3. The van der Waals surface area contributed by atoms with Gasteiger partial charge in [-0.1, -0.05) is 40.2 Å². The number of hydrogen-bond acceptors (Lipinski definition) is 5. The lowest BCUT2D eigenvalue weighted by molar-refractivity contribution is -0.152. The summed E-state index contributed by atoms with van der Waals surface area (Å²) in [6, 6.07) is 14.0. The van der Waals surface area contributed by atoms with E-state index in [1.807, 2.05) is 36.4 Å². The molecule has 2 aliphatic heterocycles. The van der Waals surface area contributed by atoms with Gasteiger partial charge in [-0.25, -0.2) is 4.79 Å². The molecule has 0 bridgehead atoms. The van der Waals surface area contributed by atoms with Crippen molar-refractivity contribution in [2.24, 2.45) is 0 Å². The van der Waals surface area contributed by atoms with E-state index in [1.54, 1.807) is 19.2 Å². The average Bonchev–Trinajstić information content (AvgIpc) is 3.13. The quantitative estimate of drug-likeness (QED) is 0.620. The van der Waals surface area contributed by atoms with Crippen LogP contribution in [-0.2, 0) is 20.9 Å². The van der Waals surface area contributed by atoms with E-state index in [4.69, 9.17) is 9.47 Å². The van der Waals surface area contributed by atoms with Gasteiger partial charge in [0.2, 0.25) is 5.91 Å². The van der Waals surface area contributed by atoms with E-state index in [-0.39, 0.29) is 31.3 Å². The maximum atomic E-state index is 13.1. The van der Waals surface area contributed by atoms with Gasteiger partial charge in [0.05, 0.1) is 20.2 Å². The van der Waals surface area contributed by atoms with E-state index in [1.165, 1.54) is 9.80 Å². The Bertz CT molecular complexity index is 978. The zero-order valence-electron chi connectivity index (χ0n) is 16.4. The van der Waals surface area contributed by atoms with Gasteiger partial charge in [-0.3, -0.25) is 19.4 Å². The molecular weight excluding hydrogens is 452 g/mol. The summed E-state index contributed by atoms with van der Waals surface area (Å²) < 4.78 is 11.6. The number of carbonyl (C=O) groups is 3. The number of likely N-dealkylation sites (tertiary alicyclic amines) is 1. The van der Waals surface area contributed by atoms with Crippen LogP contribution in [0, 0.1) is 0 Å². The molecule has 2 aromatic rings. The van der Waals surface area contributed by atoms with Gasteiger partial charge in [-0.2, -0.15) is 0 Å². The van der Waals surface area contributed by atoms with Crippen LogP contribution < -0.4 is 4.74 Å². The third-order valence-electron chi connectivity index (χ3n) is 5.42. The van der Waals surface area contributed by atoms with Crippen LogP contribution in [0.3, 0.4) is 0 Å². The summed E-state index contributed by atoms with van der Waals surface area (Å²) in [6.07, 6.45) is -0.470. The van der Waals surface area contributed by atoms with E-state index >= 15 is 0 Å². The van der Waals surface area contributed by atoms with Crippen LogP contribution in [0.1, 0.15) is 30.1 Å². The fraction of sp³-hybridized carbons (Fsp3) is 0.318. The summed E-state index contributed by atoms with van der Waals surface area (Å²) in [4.78, 5) is 40.8. The lowest BCUT2D eigenvalue weighted by Gasteiger charge is -2.34. The predicted molar refractivity (Wildman–Crippen MR) is 112 cm³/mol. The second-order valence-corrected chi connectivity index (χ2v) is 8.22. The van der Waals surface area contributed by atoms with Gasteiger partial charge < -0.3 is 9.47 Å². The molecule has 2 aliphatic rings. The van der Waals surface area contributed by atoms with Crippen LogP contribution in [0.15, 0.2) is 53.0 Å². The number of halogens is 1. The SMILES string of the molecule is COc1ccc(CN2C(=O)CCC(N3CC(c4cccc(Br)c4)OC3=O)C2=O)cc1. The molecule has 156 valence electrons. The third kappa shape index (κ3) is 4.05. The molecule has 0 aliphatic carbocycles. The molecule has 3 amide bonds. The Kier molecular flexibility index (Phi) is 5.76. The molecule has 0 saturated carbocycles. The molecule has 0 radical (unpaired) electrons. The molecule has 30 heavy (non-hydrogen) atoms. The third-order valence-corrected chi connectivity index (χ3v) is 5.91. The second kappa shape index (κ2) is 8.47. The monoisotopic (exact) mass is 472 g/mol. The number of methoxy groups -OCH3 is 1. The minimum absolute atomic E-state index is 0.163. The van der Waals surface area contributed by atoms with Crippen LogP contribution in [0.4, 0.5) is 4.79 Å². The Hall–Kier alpha value is -2.87. The van der Waals surface area contributed by atoms with Crippen molar-refractivity contribution >= 4 is 33.8 Å². The van der Waals surface area contributed by atoms with Gasteiger partial charge in [0, 0.05) is 10.9 Å². The van der Waals surface area contributed by atoms with Crippen molar-refractivity contribution in [1.82, 2.24) is 9.80 Å². The molecule has 2 aromatic carbocycles. The lowest BCUT2D eigenvalue weighted by Crippen LogP contribution is -2.54. The van der Waals surface area contributed by atoms with Crippen LogP contribution in [-0.4, -0.2) is 47.4 Å². The maximum absolute atomic E-state index is 13.1. The highest BCUT2D eigenvalue weighted by Crippen LogP contribution is 2.32. The fourth-order valence-electron chi connectivity index (χ4n) is 3.80. The van der Waals surface area contributed by atoms with E-state index in [9.17, 15) is 14.4 Å². The largest absolute Gasteiger partial charge is 0.497 e. The zero-order valence-corrected chi connectivity index (χ0v) is 18.0. The molecule has 0 spiro atoms. The van der Waals surface area contributed by atoms with Crippen LogP contribution in [0.5, 0.6) is 5.75 Å². The van der Waals surface area contributed by atoms with Crippen LogP contribution in [0.2, 0.25) is 0 Å². The van der Waals surface area contributed by atoms with Gasteiger partial charge in [0.25, 0.3) is 5.91 Å². The molecule has 2 unspecified atom stereocenters. The highest BCUT2D eigenvalue weighted by atomic mass is 79.9. The zero-order chi connectivity index (χ0) is 21.3. The molecule has 2 heterocycles. The van der Waals surface area contributed by atoms with Crippen LogP contribution in [0.25, 0.3) is 0 Å². The standard InChI is InChI=1S/C22H21BrN2O5/c1-29-17-7-5-14(6-8-17)12-25-20(26)10-9-18(21(25)27)24-13-19(30-22(24)28)15-3-2-4-16(23)11-15/h2-8,11,18-19H,9-10,12-13H2,1H3. The highest BCUT2D eigenvalue weighted by Gasteiger charge is 2.44. The highest BCUT2D eigenvalue weighted by molar-refractivity contribution is 9.10. The van der Waals surface area contributed by atoms with Crippen molar-refractivity contribution in [2.75, 3.05) is 13.7 Å². The van der Waals surface area contributed by atoms with Gasteiger partial charge >= 0.3 is 6.09 Å². The molecule has 4 rings (SSSR count). The summed E-state index contributed by atoms with van der Waals surface area (Å²) in [5, 5.41) is 0.